The summed E-state index contributed by atoms with van der Waals surface area (Å²) in [5.74, 6) is -1.32. The lowest BCUT2D eigenvalue weighted by atomic mass is 10.1. The van der Waals surface area contributed by atoms with E-state index < -0.39 is 17.6 Å². The van der Waals surface area contributed by atoms with Crippen molar-refractivity contribution in [2.24, 2.45) is 0 Å². The Balaban J connectivity index is 2.20. The zero-order valence-corrected chi connectivity index (χ0v) is 16.8. The summed E-state index contributed by atoms with van der Waals surface area (Å²) in [7, 11) is 2.50. The lowest BCUT2D eigenvalue weighted by molar-refractivity contribution is 0.0591. The molecule has 0 aliphatic heterocycles. The summed E-state index contributed by atoms with van der Waals surface area (Å²) >= 11 is 0. The molecule has 0 saturated carbocycles. The first-order valence-electron chi connectivity index (χ1n) is 9.36. The highest BCUT2D eigenvalue weighted by Crippen LogP contribution is 2.29. The van der Waals surface area contributed by atoms with Gasteiger partial charge in [-0.3, -0.25) is 8.97 Å². The molecule has 0 atom stereocenters. The number of aromatic nitrogens is 2. The van der Waals surface area contributed by atoms with Crippen molar-refractivity contribution in [3.8, 4) is 0 Å². The van der Waals surface area contributed by atoms with Crippen LogP contribution in [0.5, 0.6) is 0 Å². The fourth-order valence-corrected chi connectivity index (χ4v) is 3.88. The van der Waals surface area contributed by atoms with E-state index in [4.69, 9.17) is 9.47 Å². The summed E-state index contributed by atoms with van der Waals surface area (Å²) in [6.45, 7) is 1.92. The maximum absolute atomic E-state index is 13.6. The van der Waals surface area contributed by atoms with Crippen LogP contribution >= 0.6 is 0 Å². The number of rotatable bonds is 4. The summed E-state index contributed by atoms with van der Waals surface area (Å²) < 4.78 is 12.7. The van der Waals surface area contributed by atoms with Crippen molar-refractivity contribution in [2.75, 3.05) is 14.2 Å². The van der Waals surface area contributed by atoms with Gasteiger partial charge in [-0.2, -0.15) is 0 Å². The number of hydrogen-bond acceptors (Lipinski definition) is 5. The van der Waals surface area contributed by atoms with E-state index in [0.29, 0.717) is 28.5 Å². The largest absolute Gasteiger partial charge is 0.465 e. The van der Waals surface area contributed by atoms with E-state index >= 15 is 0 Å². The molecular formula is C23H20N2O5. The number of fused-ring (bicyclic) bond motifs is 3. The monoisotopic (exact) mass is 404 g/mol. The van der Waals surface area contributed by atoms with E-state index in [9.17, 15) is 14.4 Å². The molecular weight excluding hydrogens is 384 g/mol. The van der Waals surface area contributed by atoms with E-state index in [2.05, 4.69) is 0 Å². The summed E-state index contributed by atoms with van der Waals surface area (Å²) in [5.41, 5.74) is 2.02. The SMILES string of the molecule is COC(=O)c1c(C)c(C(=O)OC)n2c(=O)n(Cc3ccccc3)c3ccccc3c12. The Morgan fingerprint density at radius 1 is 0.900 bits per heavy atom. The van der Waals surface area contributed by atoms with E-state index in [0.717, 1.165) is 5.56 Å². The lowest BCUT2D eigenvalue weighted by Gasteiger charge is -2.14. The van der Waals surface area contributed by atoms with Gasteiger partial charge in [0.25, 0.3) is 0 Å². The van der Waals surface area contributed by atoms with Crippen LogP contribution in [0.15, 0.2) is 59.4 Å². The molecule has 152 valence electrons. The molecule has 0 saturated heterocycles. The van der Waals surface area contributed by atoms with Gasteiger partial charge in [0.1, 0.15) is 5.69 Å². The van der Waals surface area contributed by atoms with Gasteiger partial charge >= 0.3 is 17.6 Å². The number of ether oxygens (including phenoxy) is 2. The number of methoxy groups -OCH3 is 2. The Labute approximate surface area is 172 Å². The fourth-order valence-electron chi connectivity index (χ4n) is 3.88. The number of carbonyl (C=O) groups excluding carboxylic acids is 2. The average Bonchev–Trinajstić information content (AvgIpc) is 3.09. The highest BCUT2D eigenvalue weighted by atomic mass is 16.5. The molecule has 0 unspecified atom stereocenters. The standard InChI is InChI=1S/C23H20N2O5/c1-14-18(21(26)29-2)20-16-11-7-8-12-17(16)24(13-15-9-5-4-6-10-15)23(28)25(20)19(14)22(27)30-3/h4-12H,13H2,1-3H3. The van der Waals surface area contributed by atoms with Crippen LogP contribution in [-0.4, -0.2) is 35.1 Å². The minimum Gasteiger partial charge on any atom is -0.465 e. The second-order valence-electron chi connectivity index (χ2n) is 6.89. The van der Waals surface area contributed by atoms with Crippen molar-refractivity contribution in [1.29, 1.82) is 0 Å². The quantitative estimate of drug-likeness (QED) is 0.488. The minimum absolute atomic E-state index is 0.0189. The van der Waals surface area contributed by atoms with Gasteiger partial charge in [0.15, 0.2) is 0 Å². The molecule has 2 aromatic heterocycles. The first-order valence-corrected chi connectivity index (χ1v) is 9.36. The predicted molar refractivity (Wildman–Crippen MR) is 112 cm³/mol. The van der Waals surface area contributed by atoms with Gasteiger partial charge in [0, 0.05) is 5.39 Å². The Bertz CT molecular complexity index is 1350. The molecule has 7 nitrogen and oxygen atoms in total. The van der Waals surface area contributed by atoms with Crippen LogP contribution in [0.2, 0.25) is 0 Å². The van der Waals surface area contributed by atoms with Crippen LogP contribution < -0.4 is 5.69 Å². The van der Waals surface area contributed by atoms with Gasteiger partial charge in [-0.15, -0.1) is 0 Å². The Morgan fingerprint density at radius 3 is 2.20 bits per heavy atom. The third-order valence-corrected chi connectivity index (χ3v) is 5.24. The highest BCUT2D eigenvalue weighted by molar-refractivity contribution is 6.11. The van der Waals surface area contributed by atoms with E-state index in [1.807, 2.05) is 54.6 Å². The zero-order chi connectivity index (χ0) is 21.4. The molecule has 0 radical (unpaired) electrons. The van der Waals surface area contributed by atoms with Crippen molar-refractivity contribution in [1.82, 2.24) is 8.97 Å². The van der Waals surface area contributed by atoms with Crippen LogP contribution in [-0.2, 0) is 16.0 Å². The van der Waals surface area contributed by atoms with Crippen molar-refractivity contribution in [3.05, 3.63) is 87.5 Å². The van der Waals surface area contributed by atoms with Crippen LogP contribution in [0.3, 0.4) is 0 Å². The minimum atomic E-state index is -0.698. The predicted octanol–water partition coefficient (Wildman–Crippen LogP) is 3.18. The van der Waals surface area contributed by atoms with E-state index in [-0.39, 0.29) is 11.3 Å². The summed E-state index contributed by atoms with van der Waals surface area (Å²) in [6, 6.07) is 16.8. The molecule has 4 rings (SSSR count). The molecule has 2 heterocycles. The average molecular weight is 404 g/mol. The number of para-hydroxylation sites is 1. The van der Waals surface area contributed by atoms with Crippen LogP contribution in [0.4, 0.5) is 0 Å². The molecule has 4 aromatic rings. The van der Waals surface area contributed by atoms with Crippen LogP contribution in [0, 0.1) is 6.92 Å². The number of benzene rings is 2. The van der Waals surface area contributed by atoms with Crippen LogP contribution in [0.1, 0.15) is 32.0 Å². The molecule has 7 heteroatoms. The molecule has 0 aliphatic carbocycles. The topological polar surface area (TPSA) is 79.0 Å². The molecule has 0 N–H and O–H groups in total. The molecule has 0 bridgehead atoms. The Kier molecular flexibility index (Phi) is 4.87. The van der Waals surface area contributed by atoms with Crippen LogP contribution in [0.25, 0.3) is 16.4 Å². The van der Waals surface area contributed by atoms with Gasteiger partial charge < -0.3 is 9.47 Å². The van der Waals surface area contributed by atoms with Gasteiger partial charge in [-0.05, 0) is 24.1 Å². The zero-order valence-electron chi connectivity index (χ0n) is 16.8. The summed E-state index contributed by atoms with van der Waals surface area (Å²) in [5, 5.41) is 0.659. The van der Waals surface area contributed by atoms with E-state index in [1.165, 1.54) is 18.6 Å². The highest BCUT2D eigenvalue weighted by Gasteiger charge is 2.29. The maximum atomic E-state index is 13.6. The molecule has 0 amide bonds. The van der Waals surface area contributed by atoms with Gasteiger partial charge in [-0.25, -0.2) is 14.4 Å². The Morgan fingerprint density at radius 2 is 1.53 bits per heavy atom. The molecule has 2 aromatic carbocycles. The molecule has 30 heavy (non-hydrogen) atoms. The normalized spacial score (nSPS) is 11.0. The summed E-state index contributed by atoms with van der Waals surface area (Å²) in [6.07, 6.45) is 0. The van der Waals surface area contributed by atoms with Gasteiger partial charge in [0.05, 0.1) is 37.4 Å². The first-order chi connectivity index (χ1) is 14.5. The van der Waals surface area contributed by atoms with Crippen molar-refractivity contribution >= 4 is 28.4 Å². The van der Waals surface area contributed by atoms with Gasteiger partial charge in [0.2, 0.25) is 0 Å². The third-order valence-electron chi connectivity index (χ3n) is 5.24. The number of carbonyl (C=O) groups is 2. The Hall–Kier alpha value is -3.87. The van der Waals surface area contributed by atoms with Crippen molar-refractivity contribution in [3.63, 3.8) is 0 Å². The van der Waals surface area contributed by atoms with Gasteiger partial charge in [-0.1, -0.05) is 48.5 Å². The third kappa shape index (κ3) is 2.86. The smallest absolute Gasteiger partial charge is 0.355 e. The molecule has 0 fully saturated rings. The van der Waals surface area contributed by atoms with E-state index in [1.54, 1.807) is 11.5 Å². The second-order valence-corrected chi connectivity index (χ2v) is 6.89. The lowest BCUT2D eigenvalue weighted by Crippen LogP contribution is -2.30. The number of nitrogens with zero attached hydrogens (tertiary/aromatic N) is 2. The van der Waals surface area contributed by atoms with Crippen molar-refractivity contribution in [2.45, 2.75) is 13.5 Å². The molecule has 0 aliphatic rings. The summed E-state index contributed by atoms with van der Waals surface area (Å²) in [4.78, 5) is 38.8. The number of esters is 2. The molecule has 0 spiro atoms. The second kappa shape index (κ2) is 7.51. The maximum Gasteiger partial charge on any atom is 0.355 e. The number of hydrogen-bond donors (Lipinski definition) is 0. The first kappa shape index (κ1) is 19.4. The fraction of sp³-hybridized carbons (Fsp3) is 0.174. The van der Waals surface area contributed by atoms with Crippen molar-refractivity contribution < 1.29 is 19.1 Å².